The van der Waals surface area contributed by atoms with E-state index < -0.39 is 5.97 Å². The van der Waals surface area contributed by atoms with Crippen LogP contribution in [-0.2, 0) is 16.1 Å². The third-order valence-corrected chi connectivity index (χ3v) is 2.53. The van der Waals surface area contributed by atoms with Gasteiger partial charge in [0.15, 0.2) is 0 Å². The average molecular weight is 258 g/mol. The molecule has 0 radical (unpaired) electrons. The molecule has 0 saturated heterocycles. The molecular formula is C14H14N2O3. The number of carbonyl (C=O) groups excluding carboxylic acids is 1. The van der Waals surface area contributed by atoms with Crippen LogP contribution in [0.3, 0.4) is 0 Å². The number of aryl methyl sites for hydroxylation is 1. The normalized spacial score (nSPS) is 11.1. The standard InChI is InChI=1S/C14H14N2O3/c1-3-4-14(18)19-9-11-7-13(17)16-8-10(2)5-6-12(16)15-11/h3-8H,9H2,1-2H3/b4-3+. The van der Waals surface area contributed by atoms with E-state index in [4.69, 9.17) is 4.74 Å². The SMILES string of the molecule is C/C=C/C(=O)OCc1cc(=O)n2cc(C)ccc2n1. The van der Waals surface area contributed by atoms with E-state index in [9.17, 15) is 9.59 Å². The van der Waals surface area contributed by atoms with E-state index in [1.54, 1.807) is 25.3 Å². The third kappa shape index (κ3) is 3.07. The number of nitrogens with zero attached hydrogens (tertiary/aromatic N) is 2. The van der Waals surface area contributed by atoms with Gasteiger partial charge in [-0.25, -0.2) is 9.78 Å². The molecule has 5 nitrogen and oxygen atoms in total. The summed E-state index contributed by atoms with van der Waals surface area (Å²) in [4.78, 5) is 27.4. The molecule has 0 amide bonds. The van der Waals surface area contributed by atoms with Crippen molar-refractivity contribution < 1.29 is 9.53 Å². The van der Waals surface area contributed by atoms with Gasteiger partial charge in [0.2, 0.25) is 0 Å². The lowest BCUT2D eigenvalue weighted by atomic mass is 10.3. The second kappa shape index (κ2) is 5.48. The zero-order valence-corrected chi connectivity index (χ0v) is 10.8. The molecule has 0 aliphatic rings. The zero-order chi connectivity index (χ0) is 13.8. The summed E-state index contributed by atoms with van der Waals surface area (Å²) in [6.45, 7) is 3.62. The first-order chi connectivity index (χ1) is 9.10. The van der Waals surface area contributed by atoms with Crippen LogP contribution < -0.4 is 5.56 Å². The maximum atomic E-state index is 11.9. The van der Waals surface area contributed by atoms with Crippen molar-refractivity contribution in [1.82, 2.24) is 9.38 Å². The summed E-state index contributed by atoms with van der Waals surface area (Å²) in [7, 11) is 0. The number of allylic oxidation sites excluding steroid dienone is 1. The Labute approximate surface area is 110 Å². The monoisotopic (exact) mass is 258 g/mol. The molecule has 2 aromatic heterocycles. The number of hydrogen-bond acceptors (Lipinski definition) is 4. The lowest BCUT2D eigenvalue weighted by Gasteiger charge is -2.05. The lowest BCUT2D eigenvalue weighted by molar-refractivity contribution is -0.139. The molecule has 0 atom stereocenters. The topological polar surface area (TPSA) is 60.7 Å². The number of esters is 1. The molecule has 19 heavy (non-hydrogen) atoms. The van der Waals surface area contributed by atoms with Gasteiger partial charge in [0.25, 0.3) is 5.56 Å². The minimum atomic E-state index is -0.451. The van der Waals surface area contributed by atoms with E-state index in [-0.39, 0.29) is 12.2 Å². The van der Waals surface area contributed by atoms with Gasteiger partial charge in [0, 0.05) is 18.3 Å². The Hall–Kier alpha value is -2.43. The number of pyridine rings is 1. The van der Waals surface area contributed by atoms with Crippen molar-refractivity contribution in [2.75, 3.05) is 0 Å². The molecule has 0 unspecified atom stereocenters. The molecule has 98 valence electrons. The number of rotatable bonds is 3. The Bertz CT molecular complexity index is 701. The number of carbonyl (C=O) groups is 1. The fourth-order valence-corrected chi connectivity index (χ4v) is 1.66. The number of fused-ring (bicyclic) bond motifs is 1. The van der Waals surface area contributed by atoms with Crippen LogP contribution in [0, 0.1) is 6.92 Å². The van der Waals surface area contributed by atoms with Gasteiger partial charge in [0.1, 0.15) is 12.3 Å². The molecule has 0 saturated carbocycles. The molecule has 0 spiro atoms. The minimum absolute atomic E-state index is 0.0111. The van der Waals surface area contributed by atoms with E-state index in [1.807, 2.05) is 13.0 Å². The largest absolute Gasteiger partial charge is 0.456 e. The van der Waals surface area contributed by atoms with E-state index >= 15 is 0 Å². The van der Waals surface area contributed by atoms with Crippen LogP contribution in [0.5, 0.6) is 0 Å². The van der Waals surface area contributed by atoms with Crippen molar-refractivity contribution in [2.45, 2.75) is 20.5 Å². The molecule has 5 heteroatoms. The van der Waals surface area contributed by atoms with E-state index in [1.165, 1.54) is 16.5 Å². The summed E-state index contributed by atoms with van der Waals surface area (Å²) in [5.41, 5.74) is 1.76. The zero-order valence-electron chi connectivity index (χ0n) is 10.8. The van der Waals surface area contributed by atoms with Gasteiger partial charge in [0.05, 0.1) is 5.69 Å². The number of ether oxygens (including phenoxy) is 1. The van der Waals surface area contributed by atoms with Crippen molar-refractivity contribution in [1.29, 1.82) is 0 Å². The highest BCUT2D eigenvalue weighted by Crippen LogP contribution is 2.03. The molecule has 2 aromatic rings. The molecule has 0 aliphatic heterocycles. The maximum absolute atomic E-state index is 11.9. The average Bonchev–Trinajstić information content (AvgIpc) is 2.38. The lowest BCUT2D eigenvalue weighted by Crippen LogP contribution is -2.16. The predicted molar refractivity (Wildman–Crippen MR) is 70.8 cm³/mol. The molecule has 0 N–H and O–H groups in total. The van der Waals surface area contributed by atoms with Crippen LogP contribution in [0.1, 0.15) is 18.2 Å². The smallest absolute Gasteiger partial charge is 0.330 e. The van der Waals surface area contributed by atoms with E-state index in [2.05, 4.69) is 4.98 Å². The Morgan fingerprint density at radius 1 is 1.47 bits per heavy atom. The summed E-state index contributed by atoms with van der Waals surface area (Å²) in [5.74, 6) is -0.451. The second-order valence-corrected chi connectivity index (χ2v) is 4.13. The summed E-state index contributed by atoms with van der Waals surface area (Å²) in [6, 6.07) is 5.00. The molecule has 0 aromatic carbocycles. The van der Waals surface area contributed by atoms with Crippen LogP contribution in [0.2, 0.25) is 0 Å². The van der Waals surface area contributed by atoms with Crippen LogP contribution in [-0.4, -0.2) is 15.4 Å². The molecular weight excluding hydrogens is 244 g/mol. The summed E-state index contributed by atoms with van der Waals surface area (Å²) in [5, 5.41) is 0. The Balaban J connectivity index is 2.29. The van der Waals surface area contributed by atoms with Crippen LogP contribution >= 0.6 is 0 Å². The van der Waals surface area contributed by atoms with Crippen molar-refractivity contribution in [3.63, 3.8) is 0 Å². The Kier molecular flexibility index (Phi) is 3.75. The molecule has 0 aliphatic carbocycles. The van der Waals surface area contributed by atoms with Crippen molar-refractivity contribution in [3.05, 3.63) is 58.2 Å². The molecule has 0 bridgehead atoms. The second-order valence-electron chi connectivity index (χ2n) is 4.13. The predicted octanol–water partition coefficient (Wildman–Crippen LogP) is 1.62. The van der Waals surface area contributed by atoms with Gasteiger partial charge >= 0.3 is 5.97 Å². The summed E-state index contributed by atoms with van der Waals surface area (Å²) in [6.07, 6.45) is 4.63. The van der Waals surface area contributed by atoms with Crippen LogP contribution in [0.4, 0.5) is 0 Å². The Morgan fingerprint density at radius 2 is 2.26 bits per heavy atom. The molecule has 2 heterocycles. The summed E-state index contributed by atoms with van der Waals surface area (Å²) < 4.78 is 6.42. The Morgan fingerprint density at radius 3 is 3.00 bits per heavy atom. The van der Waals surface area contributed by atoms with E-state index in [0.717, 1.165) is 5.56 Å². The fraction of sp³-hybridized carbons (Fsp3) is 0.214. The highest BCUT2D eigenvalue weighted by atomic mass is 16.5. The van der Waals surface area contributed by atoms with Gasteiger partial charge in [-0.05, 0) is 25.5 Å². The minimum Gasteiger partial charge on any atom is -0.456 e. The van der Waals surface area contributed by atoms with Gasteiger partial charge in [-0.1, -0.05) is 12.1 Å². The fourth-order valence-electron chi connectivity index (χ4n) is 1.66. The quantitative estimate of drug-likeness (QED) is 0.620. The van der Waals surface area contributed by atoms with Crippen LogP contribution in [0.15, 0.2) is 41.3 Å². The highest BCUT2D eigenvalue weighted by Gasteiger charge is 2.04. The summed E-state index contributed by atoms with van der Waals surface area (Å²) >= 11 is 0. The molecule has 2 rings (SSSR count). The third-order valence-electron chi connectivity index (χ3n) is 2.53. The first kappa shape index (κ1) is 13.0. The highest BCUT2D eigenvalue weighted by molar-refractivity contribution is 5.81. The van der Waals surface area contributed by atoms with Crippen molar-refractivity contribution in [3.8, 4) is 0 Å². The van der Waals surface area contributed by atoms with Gasteiger partial charge in [-0.2, -0.15) is 0 Å². The molecule has 0 fully saturated rings. The number of hydrogen-bond donors (Lipinski definition) is 0. The van der Waals surface area contributed by atoms with Gasteiger partial charge < -0.3 is 4.74 Å². The van der Waals surface area contributed by atoms with Crippen LogP contribution in [0.25, 0.3) is 5.65 Å². The van der Waals surface area contributed by atoms with E-state index in [0.29, 0.717) is 11.3 Å². The van der Waals surface area contributed by atoms with Gasteiger partial charge in [-0.15, -0.1) is 0 Å². The first-order valence-corrected chi connectivity index (χ1v) is 5.88. The first-order valence-electron chi connectivity index (χ1n) is 5.88. The maximum Gasteiger partial charge on any atom is 0.330 e. The number of aromatic nitrogens is 2. The van der Waals surface area contributed by atoms with Crippen molar-refractivity contribution in [2.24, 2.45) is 0 Å². The van der Waals surface area contributed by atoms with Gasteiger partial charge in [-0.3, -0.25) is 9.20 Å². The van der Waals surface area contributed by atoms with Crippen molar-refractivity contribution >= 4 is 11.6 Å².